The van der Waals surface area contributed by atoms with Crippen molar-refractivity contribution in [3.05, 3.63) is 81.2 Å². The molecule has 0 spiro atoms. The number of aryl methyl sites for hydroxylation is 1. The molecule has 37 heavy (non-hydrogen) atoms. The molecule has 1 atom stereocenters. The van der Waals surface area contributed by atoms with Crippen LogP contribution in [-0.4, -0.2) is 16.8 Å². The molecule has 2 heterocycles. The summed E-state index contributed by atoms with van der Waals surface area (Å²) < 4.78 is 0. The van der Waals surface area contributed by atoms with Crippen LogP contribution in [0, 0.1) is 25.2 Å². The van der Waals surface area contributed by atoms with E-state index in [2.05, 4.69) is 26.1 Å². The second-order valence-electron chi connectivity index (χ2n) is 11.2. The Balaban J connectivity index is 1.59. The third kappa shape index (κ3) is 4.66. The van der Waals surface area contributed by atoms with Crippen LogP contribution >= 0.6 is 11.3 Å². The summed E-state index contributed by atoms with van der Waals surface area (Å²) >= 11 is 1.50. The molecule has 4 aromatic rings. The highest BCUT2D eigenvalue weighted by Crippen LogP contribution is 2.44. The summed E-state index contributed by atoms with van der Waals surface area (Å²) in [6.45, 7) is 10.8. The van der Waals surface area contributed by atoms with Gasteiger partial charge in [-0.15, -0.1) is 11.3 Å². The number of aromatic nitrogens is 1. The van der Waals surface area contributed by atoms with Crippen molar-refractivity contribution in [2.45, 2.75) is 53.9 Å². The van der Waals surface area contributed by atoms with Gasteiger partial charge in [-0.25, -0.2) is 4.98 Å². The van der Waals surface area contributed by atoms with E-state index in [1.54, 1.807) is 0 Å². The number of nitrogens with zero attached hydrogens (tertiary/aromatic N) is 1. The number of anilines is 1. The van der Waals surface area contributed by atoms with Gasteiger partial charge in [0.2, 0.25) is 0 Å². The maximum absolute atomic E-state index is 13.9. The molecule has 5 rings (SSSR count). The van der Waals surface area contributed by atoms with Crippen LogP contribution in [0.4, 0.5) is 5.00 Å². The van der Waals surface area contributed by atoms with Crippen LogP contribution in [0.3, 0.4) is 0 Å². The van der Waals surface area contributed by atoms with Crippen LogP contribution in [-0.2, 0) is 12.8 Å². The first-order chi connectivity index (χ1) is 17.5. The fourth-order valence-electron chi connectivity index (χ4n) is 5.43. The standard InChI is InChI=1S/C31H33N3O2S/c1-17-10-12-19(13-11-17)27-18(2)25(21-8-6-7-9-23(21)33-27)29(36)34-30-26(28(32)35)22-15-14-20(31(3,4)5)16-24(22)37-30/h6-13,20H,14-16H2,1-5H3,(H2,32,35)(H,34,36). The molecule has 5 nitrogen and oxygen atoms in total. The van der Waals surface area contributed by atoms with E-state index in [9.17, 15) is 9.59 Å². The molecule has 6 heteroatoms. The van der Waals surface area contributed by atoms with E-state index in [1.807, 2.05) is 62.4 Å². The number of carbonyl (C=O) groups excluding carboxylic acids is 2. The Bertz CT molecular complexity index is 1530. The van der Waals surface area contributed by atoms with Gasteiger partial charge in [0.25, 0.3) is 11.8 Å². The number of carbonyl (C=O) groups is 2. The van der Waals surface area contributed by atoms with Crippen LogP contribution in [0.2, 0.25) is 0 Å². The van der Waals surface area contributed by atoms with E-state index >= 15 is 0 Å². The van der Waals surface area contributed by atoms with Gasteiger partial charge >= 0.3 is 0 Å². The Morgan fingerprint density at radius 3 is 2.41 bits per heavy atom. The molecule has 0 radical (unpaired) electrons. The molecule has 1 aliphatic rings. The van der Waals surface area contributed by atoms with E-state index in [0.717, 1.165) is 63.0 Å². The lowest BCUT2D eigenvalue weighted by Gasteiger charge is -2.33. The van der Waals surface area contributed by atoms with Gasteiger partial charge in [-0.3, -0.25) is 9.59 Å². The molecule has 0 fully saturated rings. The number of thiophene rings is 1. The van der Waals surface area contributed by atoms with Gasteiger partial charge in [0.05, 0.1) is 22.3 Å². The predicted molar refractivity (Wildman–Crippen MR) is 152 cm³/mol. The van der Waals surface area contributed by atoms with Gasteiger partial charge in [0.1, 0.15) is 5.00 Å². The molecule has 0 saturated carbocycles. The number of nitrogens with two attached hydrogens (primary N) is 1. The first kappa shape index (κ1) is 25.2. The van der Waals surface area contributed by atoms with Gasteiger partial charge in [-0.1, -0.05) is 68.8 Å². The lowest BCUT2D eigenvalue weighted by Crippen LogP contribution is -2.27. The minimum absolute atomic E-state index is 0.178. The zero-order chi connectivity index (χ0) is 26.5. The summed E-state index contributed by atoms with van der Waals surface area (Å²) in [4.78, 5) is 32.5. The van der Waals surface area contributed by atoms with Gasteiger partial charge in [0, 0.05) is 15.8 Å². The van der Waals surface area contributed by atoms with Crippen molar-refractivity contribution in [1.29, 1.82) is 0 Å². The zero-order valence-electron chi connectivity index (χ0n) is 22.1. The molecule has 0 saturated heterocycles. The van der Waals surface area contributed by atoms with Crippen molar-refractivity contribution in [2.75, 3.05) is 5.32 Å². The Hall–Kier alpha value is -3.51. The molecule has 0 bridgehead atoms. The summed E-state index contributed by atoms with van der Waals surface area (Å²) in [5, 5.41) is 4.42. The quantitative estimate of drug-likeness (QED) is 0.307. The fourth-order valence-corrected chi connectivity index (χ4v) is 6.76. The SMILES string of the molecule is Cc1ccc(-c2nc3ccccc3c(C(=O)Nc3sc4c(c3C(N)=O)CCC(C(C)(C)C)C4)c2C)cc1. The number of fused-ring (bicyclic) bond motifs is 2. The monoisotopic (exact) mass is 511 g/mol. The summed E-state index contributed by atoms with van der Waals surface area (Å²) in [6.07, 6.45) is 2.71. The number of para-hydroxylation sites is 1. The normalized spacial score (nSPS) is 15.4. The summed E-state index contributed by atoms with van der Waals surface area (Å²) in [5.74, 6) is -0.219. The molecule has 1 unspecified atom stereocenters. The highest BCUT2D eigenvalue weighted by molar-refractivity contribution is 7.17. The highest BCUT2D eigenvalue weighted by Gasteiger charge is 2.34. The minimum Gasteiger partial charge on any atom is -0.365 e. The summed E-state index contributed by atoms with van der Waals surface area (Å²) in [5.41, 5.74) is 12.5. The van der Waals surface area contributed by atoms with Crippen molar-refractivity contribution < 1.29 is 9.59 Å². The number of pyridine rings is 1. The average molecular weight is 512 g/mol. The Labute approximate surface area is 222 Å². The highest BCUT2D eigenvalue weighted by atomic mass is 32.1. The zero-order valence-corrected chi connectivity index (χ0v) is 22.9. The van der Waals surface area contributed by atoms with Crippen molar-refractivity contribution in [1.82, 2.24) is 4.98 Å². The van der Waals surface area contributed by atoms with Crippen LogP contribution in [0.1, 0.15) is 69.5 Å². The molecule has 190 valence electrons. The maximum Gasteiger partial charge on any atom is 0.257 e. The van der Waals surface area contributed by atoms with Crippen LogP contribution < -0.4 is 11.1 Å². The maximum atomic E-state index is 13.9. The van der Waals surface area contributed by atoms with E-state index in [0.29, 0.717) is 22.0 Å². The Morgan fingerprint density at radius 2 is 1.73 bits per heavy atom. The number of primary amides is 1. The lowest BCUT2D eigenvalue weighted by atomic mass is 9.72. The lowest BCUT2D eigenvalue weighted by molar-refractivity contribution is 0.1000. The van der Waals surface area contributed by atoms with Crippen LogP contribution in [0.15, 0.2) is 48.5 Å². The van der Waals surface area contributed by atoms with E-state index in [-0.39, 0.29) is 11.3 Å². The number of nitrogens with one attached hydrogen (secondary N) is 1. The second kappa shape index (κ2) is 9.42. The van der Waals surface area contributed by atoms with Crippen LogP contribution in [0.25, 0.3) is 22.2 Å². The first-order valence-corrected chi connectivity index (χ1v) is 13.6. The fraction of sp³-hybridized carbons (Fsp3) is 0.323. The molecule has 1 aliphatic carbocycles. The molecular weight excluding hydrogens is 478 g/mol. The third-order valence-corrected chi connectivity index (χ3v) is 8.82. The predicted octanol–water partition coefficient (Wildman–Crippen LogP) is 7.08. The molecule has 2 aromatic carbocycles. The Kier molecular flexibility index (Phi) is 6.40. The van der Waals surface area contributed by atoms with Gasteiger partial charge in [0.15, 0.2) is 0 Å². The van der Waals surface area contributed by atoms with Crippen molar-refractivity contribution in [3.8, 4) is 11.3 Å². The van der Waals surface area contributed by atoms with Crippen molar-refractivity contribution in [2.24, 2.45) is 17.1 Å². The van der Waals surface area contributed by atoms with E-state index < -0.39 is 5.91 Å². The number of rotatable bonds is 4. The van der Waals surface area contributed by atoms with E-state index in [4.69, 9.17) is 10.7 Å². The van der Waals surface area contributed by atoms with E-state index in [1.165, 1.54) is 11.3 Å². The average Bonchev–Trinajstić information content (AvgIpc) is 3.21. The number of benzene rings is 2. The van der Waals surface area contributed by atoms with Gasteiger partial charge in [-0.05, 0) is 61.6 Å². The largest absolute Gasteiger partial charge is 0.365 e. The Morgan fingerprint density at radius 1 is 1.03 bits per heavy atom. The minimum atomic E-state index is -0.487. The second-order valence-corrected chi connectivity index (χ2v) is 12.3. The third-order valence-electron chi connectivity index (χ3n) is 7.65. The number of hydrogen-bond acceptors (Lipinski definition) is 4. The van der Waals surface area contributed by atoms with Gasteiger partial charge < -0.3 is 11.1 Å². The summed E-state index contributed by atoms with van der Waals surface area (Å²) in [6, 6.07) is 15.8. The molecule has 3 N–H and O–H groups in total. The molecule has 0 aliphatic heterocycles. The van der Waals surface area contributed by atoms with Gasteiger partial charge in [-0.2, -0.15) is 0 Å². The summed E-state index contributed by atoms with van der Waals surface area (Å²) in [7, 11) is 0. The smallest absolute Gasteiger partial charge is 0.257 e. The first-order valence-electron chi connectivity index (χ1n) is 12.8. The molecule has 2 amide bonds. The number of amides is 2. The van der Waals surface area contributed by atoms with Crippen molar-refractivity contribution in [3.63, 3.8) is 0 Å². The molecule has 2 aromatic heterocycles. The topological polar surface area (TPSA) is 85.1 Å². The van der Waals surface area contributed by atoms with Crippen LogP contribution in [0.5, 0.6) is 0 Å². The number of hydrogen-bond donors (Lipinski definition) is 2. The molecular formula is C31H33N3O2S. The van der Waals surface area contributed by atoms with Crippen molar-refractivity contribution >= 4 is 39.1 Å².